The zero-order valence-corrected chi connectivity index (χ0v) is 14.2. The minimum atomic E-state index is -0.167. The van der Waals surface area contributed by atoms with Gasteiger partial charge in [0, 0.05) is 18.6 Å². The van der Waals surface area contributed by atoms with Crippen LogP contribution in [0, 0.1) is 5.92 Å². The van der Waals surface area contributed by atoms with E-state index < -0.39 is 0 Å². The molecule has 0 spiro atoms. The highest BCUT2D eigenvalue weighted by atomic mass is 16.2. The average Bonchev–Trinajstić information content (AvgIpc) is 2.42. The second kappa shape index (κ2) is 8.78. The third-order valence-corrected chi connectivity index (χ3v) is 3.54. The van der Waals surface area contributed by atoms with Crippen LogP contribution >= 0.6 is 0 Å². The predicted octanol–water partition coefficient (Wildman–Crippen LogP) is 0.703. The Kier molecular flexibility index (Phi) is 7.38. The fraction of sp³-hybridized carbons (Fsp3) is 0.750. The maximum Gasteiger partial charge on any atom is 0.234 e. The van der Waals surface area contributed by atoms with Gasteiger partial charge in [-0.25, -0.2) is 0 Å². The third-order valence-electron chi connectivity index (χ3n) is 3.54. The van der Waals surface area contributed by atoms with Gasteiger partial charge in [0.25, 0.3) is 0 Å². The molecular formula is C16H31N5O. The summed E-state index contributed by atoms with van der Waals surface area (Å²) >= 11 is 0. The quantitative estimate of drug-likeness (QED) is 0.383. The van der Waals surface area contributed by atoms with Gasteiger partial charge in [0.1, 0.15) is 0 Å². The summed E-state index contributed by atoms with van der Waals surface area (Å²) < 4.78 is 0. The van der Waals surface area contributed by atoms with Gasteiger partial charge in [-0.1, -0.05) is 6.08 Å². The number of rotatable bonds is 6. The van der Waals surface area contributed by atoms with E-state index in [0.717, 1.165) is 32.5 Å². The smallest absolute Gasteiger partial charge is 0.234 e. The van der Waals surface area contributed by atoms with E-state index in [2.05, 4.69) is 27.1 Å². The summed E-state index contributed by atoms with van der Waals surface area (Å²) in [6.07, 6.45) is 3.87. The first-order valence-corrected chi connectivity index (χ1v) is 7.98. The molecule has 0 saturated carbocycles. The van der Waals surface area contributed by atoms with E-state index in [4.69, 9.17) is 5.73 Å². The van der Waals surface area contributed by atoms with Gasteiger partial charge >= 0.3 is 0 Å². The molecule has 1 aliphatic rings. The van der Waals surface area contributed by atoms with Crippen LogP contribution in [-0.4, -0.2) is 55.0 Å². The zero-order chi connectivity index (χ0) is 16.6. The van der Waals surface area contributed by atoms with Crippen LogP contribution in [0.25, 0.3) is 0 Å². The van der Waals surface area contributed by atoms with Crippen LogP contribution in [0.4, 0.5) is 0 Å². The van der Waals surface area contributed by atoms with E-state index in [1.54, 1.807) is 6.08 Å². The topological polar surface area (TPSA) is 82.8 Å². The second-order valence-electron chi connectivity index (χ2n) is 6.91. The highest BCUT2D eigenvalue weighted by molar-refractivity contribution is 5.78. The van der Waals surface area contributed by atoms with Crippen molar-refractivity contribution in [1.82, 2.24) is 15.5 Å². The number of hydrogen-bond donors (Lipinski definition) is 3. The zero-order valence-electron chi connectivity index (χ0n) is 14.2. The second-order valence-corrected chi connectivity index (χ2v) is 6.91. The Bertz CT molecular complexity index is 392. The molecule has 1 aliphatic heterocycles. The molecule has 0 bridgehead atoms. The number of carbonyl (C=O) groups excluding carboxylic acids is 1. The molecule has 0 atom stereocenters. The van der Waals surface area contributed by atoms with E-state index in [-0.39, 0.29) is 11.4 Å². The van der Waals surface area contributed by atoms with Crippen molar-refractivity contribution in [2.45, 2.75) is 39.2 Å². The molecule has 4 N–H and O–H groups in total. The van der Waals surface area contributed by atoms with E-state index in [9.17, 15) is 4.79 Å². The molecule has 126 valence electrons. The first-order valence-electron chi connectivity index (χ1n) is 7.98. The van der Waals surface area contributed by atoms with Crippen molar-refractivity contribution in [2.24, 2.45) is 16.6 Å². The average molecular weight is 309 g/mol. The fourth-order valence-electron chi connectivity index (χ4n) is 2.45. The first-order chi connectivity index (χ1) is 10.3. The minimum absolute atomic E-state index is 0.0989. The van der Waals surface area contributed by atoms with Crippen LogP contribution < -0.4 is 16.4 Å². The van der Waals surface area contributed by atoms with Crippen LogP contribution in [0.3, 0.4) is 0 Å². The molecule has 22 heavy (non-hydrogen) atoms. The number of likely N-dealkylation sites (tertiary alicyclic amines) is 1. The normalized spacial score (nSPS) is 18.0. The molecule has 1 saturated heterocycles. The molecule has 0 unspecified atom stereocenters. The maximum atomic E-state index is 11.9. The van der Waals surface area contributed by atoms with Gasteiger partial charge in [0.15, 0.2) is 5.96 Å². The number of hydrogen-bond acceptors (Lipinski definition) is 3. The molecule has 0 radical (unpaired) electrons. The molecule has 1 fully saturated rings. The van der Waals surface area contributed by atoms with Gasteiger partial charge in [-0.2, -0.15) is 0 Å². The highest BCUT2D eigenvalue weighted by Crippen LogP contribution is 2.17. The Morgan fingerprint density at radius 3 is 2.59 bits per heavy atom. The summed E-state index contributed by atoms with van der Waals surface area (Å²) in [4.78, 5) is 18.5. The Balaban J connectivity index is 2.26. The molecular weight excluding hydrogens is 278 g/mol. The van der Waals surface area contributed by atoms with Crippen LogP contribution in [0.1, 0.15) is 33.6 Å². The van der Waals surface area contributed by atoms with E-state index in [1.165, 1.54) is 0 Å². The molecule has 1 amide bonds. The van der Waals surface area contributed by atoms with Gasteiger partial charge in [-0.05, 0) is 52.6 Å². The SMILES string of the molecule is C=CCNC(N)=NCC1CCN(CC(=O)NC(C)(C)C)CC1. The molecule has 6 nitrogen and oxygen atoms in total. The van der Waals surface area contributed by atoms with Gasteiger partial charge in [-0.3, -0.25) is 14.7 Å². The highest BCUT2D eigenvalue weighted by Gasteiger charge is 2.22. The van der Waals surface area contributed by atoms with Gasteiger partial charge in [0.05, 0.1) is 6.54 Å². The van der Waals surface area contributed by atoms with Crippen LogP contribution in [0.5, 0.6) is 0 Å². The molecule has 0 aromatic rings. The van der Waals surface area contributed by atoms with Crippen LogP contribution in [0.15, 0.2) is 17.6 Å². The molecule has 0 aliphatic carbocycles. The van der Waals surface area contributed by atoms with E-state index >= 15 is 0 Å². The monoisotopic (exact) mass is 309 g/mol. The number of nitrogens with one attached hydrogen (secondary N) is 2. The standard InChI is InChI=1S/C16H31N5O/c1-5-8-18-15(17)19-11-13-6-9-21(10-7-13)12-14(22)20-16(2,3)4/h5,13H,1,6-12H2,2-4H3,(H,20,22)(H3,17,18,19). The van der Waals surface area contributed by atoms with Crippen molar-refractivity contribution in [1.29, 1.82) is 0 Å². The molecule has 1 heterocycles. The number of aliphatic imine (C=N–C) groups is 1. The van der Waals surface area contributed by atoms with E-state index in [0.29, 0.717) is 25.0 Å². The maximum absolute atomic E-state index is 11.9. The van der Waals surface area contributed by atoms with Crippen molar-refractivity contribution in [3.8, 4) is 0 Å². The summed E-state index contributed by atoms with van der Waals surface area (Å²) in [5.74, 6) is 1.12. The van der Waals surface area contributed by atoms with E-state index in [1.807, 2.05) is 20.8 Å². The molecule has 1 rings (SSSR count). The molecule has 0 aromatic carbocycles. The number of piperidine rings is 1. The fourth-order valence-corrected chi connectivity index (χ4v) is 2.45. The Morgan fingerprint density at radius 2 is 2.05 bits per heavy atom. The van der Waals surface area contributed by atoms with Crippen LogP contribution in [0.2, 0.25) is 0 Å². The summed E-state index contributed by atoms with van der Waals surface area (Å²) in [6, 6.07) is 0. The number of guanidine groups is 1. The van der Waals surface area contributed by atoms with Gasteiger partial charge in [0.2, 0.25) is 5.91 Å². The Morgan fingerprint density at radius 1 is 1.41 bits per heavy atom. The Labute approximate surface area is 134 Å². The lowest BCUT2D eigenvalue weighted by molar-refractivity contribution is -0.124. The van der Waals surface area contributed by atoms with Gasteiger partial charge < -0.3 is 16.4 Å². The third kappa shape index (κ3) is 8.02. The number of nitrogens with zero attached hydrogens (tertiary/aromatic N) is 2. The van der Waals surface area contributed by atoms with Crippen molar-refractivity contribution in [2.75, 3.05) is 32.7 Å². The molecule has 6 heteroatoms. The Hall–Kier alpha value is -1.56. The summed E-state index contributed by atoms with van der Waals surface area (Å²) in [7, 11) is 0. The van der Waals surface area contributed by atoms with Crippen LogP contribution in [-0.2, 0) is 4.79 Å². The number of nitrogens with two attached hydrogens (primary N) is 1. The summed E-state index contributed by atoms with van der Waals surface area (Å²) in [6.45, 7) is 13.4. The largest absolute Gasteiger partial charge is 0.370 e. The summed E-state index contributed by atoms with van der Waals surface area (Å²) in [5, 5.41) is 5.98. The van der Waals surface area contributed by atoms with Crippen molar-refractivity contribution < 1.29 is 4.79 Å². The van der Waals surface area contributed by atoms with Crippen molar-refractivity contribution in [3.63, 3.8) is 0 Å². The minimum Gasteiger partial charge on any atom is -0.370 e. The van der Waals surface area contributed by atoms with Crippen molar-refractivity contribution >= 4 is 11.9 Å². The first kappa shape index (κ1) is 18.5. The molecule has 0 aromatic heterocycles. The van der Waals surface area contributed by atoms with Crippen molar-refractivity contribution in [3.05, 3.63) is 12.7 Å². The van der Waals surface area contributed by atoms with Gasteiger partial charge in [-0.15, -0.1) is 6.58 Å². The lowest BCUT2D eigenvalue weighted by Gasteiger charge is -2.31. The lowest BCUT2D eigenvalue weighted by Crippen LogP contribution is -2.47. The number of carbonyl (C=O) groups is 1. The lowest BCUT2D eigenvalue weighted by atomic mass is 9.97. The summed E-state index contributed by atoms with van der Waals surface area (Å²) in [5.41, 5.74) is 5.59. The number of amides is 1. The predicted molar refractivity (Wildman–Crippen MR) is 91.7 cm³/mol.